The fourth-order valence-corrected chi connectivity index (χ4v) is 11.3. The van der Waals surface area contributed by atoms with Gasteiger partial charge in [0.25, 0.3) is 0 Å². The Labute approximate surface area is 230 Å². The van der Waals surface area contributed by atoms with Crippen molar-refractivity contribution < 1.29 is 23.9 Å². The van der Waals surface area contributed by atoms with Crippen LogP contribution in [0.2, 0.25) is 0 Å². The van der Waals surface area contributed by atoms with Gasteiger partial charge in [0.05, 0.1) is 6.61 Å². The summed E-state index contributed by atoms with van der Waals surface area (Å²) in [5.41, 5.74) is 0.779. The number of rotatable bonds is 3. The quantitative estimate of drug-likeness (QED) is 0.364. The normalized spacial score (nSPS) is 49.5. The molecule has 5 rings (SSSR count). The van der Waals surface area contributed by atoms with Gasteiger partial charge in [-0.3, -0.25) is 14.4 Å². The van der Waals surface area contributed by atoms with Gasteiger partial charge in [-0.05, 0) is 110 Å². The number of hydrogen-bond donors (Lipinski definition) is 0. The van der Waals surface area contributed by atoms with E-state index < -0.39 is 6.10 Å². The van der Waals surface area contributed by atoms with Crippen LogP contribution in [0.4, 0.5) is 0 Å². The Morgan fingerprint density at radius 2 is 1.45 bits per heavy atom. The van der Waals surface area contributed by atoms with Gasteiger partial charge in [-0.2, -0.15) is 0 Å². The third-order valence-corrected chi connectivity index (χ3v) is 13.6. The Morgan fingerprint density at radius 1 is 0.789 bits per heavy atom. The molecule has 5 saturated carbocycles. The lowest BCUT2D eigenvalue weighted by molar-refractivity contribution is -0.233. The van der Waals surface area contributed by atoms with Crippen LogP contribution in [0.5, 0.6) is 0 Å². The summed E-state index contributed by atoms with van der Waals surface area (Å²) >= 11 is 0. The topological polar surface area (TPSA) is 69.7 Å². The fraction of sp³-hybridized carbons (Fsp3) is 0.909. The summed E-state index contributed by atoms with van der Waals surface area (Å²) in [5, 5.41) is 0. The Balaban J connectivity index is 1.49. The van der Waals surface area contributed by atoms with Gasteiger partial charge < -0.3 is 9.47 Å². The Bertz CT molecular complexity index is 1000. The van der Waals surface area contributed by atoms with Crippen molar-refractivity contribution in [1.82, 2.24) is 0 Å². The highest BCUT2D eigenvalue weighted by molar-refractivity contribution is 5.88. The highest BCUT2D eigenvalue weighted by atomic mass is 16.5. The van der Waals surface area contributed by atoms with E-state index in [4.69, 9.17) is 9.47 Å². The number of ketones is 1. The van der Waals surface area contributed by atoms with Gasteiger partial charge in [0.1, 0.15) is 0 Å². The van der Waals surface area contributed by atoms with E-state index in [0.29, 0.717) is 42.1 Å². The second-order valence-electron chi connectivity index (χ2n) is 15.9. The maximum atomic E-state index is 13.3. The molecule has 10 atom stereocenters. The maximum absolute atomic E-state index is 13.3. The van der Waals surface area contributed by atoms with Crippen LogP contribution in [0.25, 0.3) is 0 Å². The van der Waals surface area contributed by atoms with Crippen molar-refractivity contribution in [3.05, 3.63) is 0 Å². The average Bonchev–Trinajstić information content (AvgIpc) is 2.82. The molecule has 0 radical (unpaired) electrons. The lowest BCUT2D eigenvalue weighted by Crippen LogP contribution is -2.66. The molecule has 0 unspecified atom stereocenters. The van der Waals surface area contributed by atoms with E-state index in [-0.39, 0.29) is 45.3 Å². The van der Waals surface area contributed by atoms with Gasteiger partial charge in [0, 0.05) is 25.2 Å². The molecule has 0 aliphatic heterocycles. The molecule has 38 heavy (non-hydrogen) atoms. The lowest BCUT2D eigenvalue weighted by Gasteiger charge is -2.71. The van der Waals surface area contributed by atoms with Gasteiger partial charge in [-0.15, -0.1) is 0 Å². The van der Waals surface area contributed by atoms with Crippen LogP contribution in [0, 0.1) is 56.7 Å². The smallest absolute Gasteiger partial charge is 0.303 e. The van der Waals surface area contributed by atoms with Crippen molar-refractivity contribution in [2.75, 3.05) is 6.61 Å². The molecule has 0 N–H and O–H groups in total. The second-order valence-corrected chi connectivity index (χ2v) is 15.9. The molecule has 0 heterocycles. The minimum Gasteiger partial charge on any atom is -0.465 e. The number of fused-ring (bicyclic) bond motifs is 7. The van der Waals surface area contributed by atoms with E-state index >= 15 is 0 Å². The van der Waals surface area contributed by atoms with E-state index in [1.165, 1.54) is 45.4 Å². The Hall–Kier alpha value is -1.39. The van der Waals surface area contributed by atoms with Crippen LogP contribution >= 0.6 is 0 Å². The molecule has 0 aromatic heterocycles. The highest BCUT2D eigenvalue weighted by Gasteiger charge is 2.68. The van der Waals surface area contributed by atoms with Crippen LogP contribution in [-0.4, -0.2) is 30.4 Å². The first-order chi connectivity index (χ1) is 17.6. The van der Waals surface area contributed by atoms with Crippen LogP contribution in [0.15, 0.2) is 0 Å². The highest BCUT2D eigenvalue weighted by Crippen LogP contribution is 2.74. The number of ether oxygens (including phenoxy) is 2. The van der Waals surface area contributed by atoms with Gasteiger partial charge in [-0.1, -0.05) is 41.5 Å². The number of esters is 2. The number of carbonyl (C=O) groups is 3. The molecule has 0 saturated heterocycles. The summed E-state index contributed by atoms with van der Waals surface area (Å²) in [4.78, 5) is 37.1. The van der Waals surface area contributed by atoms with Crippen LogP contribution in [-0.2, 0) is 23.9 Å². The largest absolute Gasteiger partial charge is 0.465 e. The molecule has 0 bridgehead atoms. The van der Waals surface area contributed by atoms with E-state index in [9.17, 15) is 14.4 Å². The first-order valence-electron chi connectivity index (χ1n) is 15.4. The molecule has 5 aliphatic carbocycles. The van der Waals surface area contributed by atoms with Crippen molar-refractivity contribution in [3.63, 3.8) is 0 Å². The summed E-state index contributed by atoms with van der Waals surface area (Å²) in [5.74, 6) is 1.74. The molecule has 5 nitrogen and oxygen atoms in total. The van der Waals surface area contributed by atoms with E-state index in [2.05, 4.69) is 41.5 Å². The molecule has 5 fully saturated rings. The second kappa shape index (κ2) is 9.06. The molecule has 0 aromatic rings. The average molecular weight is 529 g/mol. The molecule has 214 valence electrons. The van der Waals surface area contributed by atoms with E-state index in [0.717, 1.165) is 19.3 Å². The monoisotopic (exact) mass is 528 g/mol. The van der Waals surface area contributed by atoms with Gasteiger partial charge in [0.15, 0.2) is 11.9 Å². The zero-order valence-corrected chi connectivity index (χ0v) is 25.3. The van der Waals surface area contributed by atoms with Crippen molar-refractivity contribution in [2.24, 2.45) is 56.7 Å². The minimum atomic E-state index is -0.594. The summed E-state index contributed by atoms with van der Waals surface area (Å²) in [6, 6.07) is 0. The molecule has 0 spiro atoms. The molecule has 0 aromatic carbocycles. The third-order valence-electron chi connectivity index (χ3n) is 13.6. The summed E-state index contributed by atoms with van der Waals surface area (Å²) < 4.78 is 11.4. The summed E-state index contributed by atoms with van der Waals surface area (Å²) in [6.45, 7) is 18.0. The third kappa shape index (κ3) is 4.10. The van der Waals surface area contributed by atoms with E-state index in [1.807, 2.05) is 0 Å². The summed E-state index contributed by atoms with van der Waals surface area (Å²) in [7, 11) is 0. The minimum absolute atomic E-state index is 0.0389. The number of hydrogen-bond acceptors (Lipinski definition) is 5. The van der Waals surface area contributed by atoms with Gasteiger partial charge in [-0.25, -0.2) is 0 Å². The molecule has 0 amide bonds. The SMILES string of the molecule is CC(=O)OC[C@]12CCC(C)(C)C[C@@H]1[C@H]1CC[C@@]3(C)[C@H]4C[C@@H](OC(C)=O)C(=O)[C@H](C)[C@@]4(C)CC[C@H]3[C@@]1(C)CC2. The van der Waals surface area contributed by atoms with Crippen molar-refractivity contribution in [1.29, 1.82) is 0 Å². The van der Waals surface area contributed by atoms with Crippen molar-refractivity contribution >= 4 is 17.7 Å². The van der Waals surface area contributed by atoms with Crippen LogP contribution in [0.3, 0.4) is 0 Å². The Morgan fingerprint density at radius 3 is 2.11 bits per heavy atom. The predicted octanol–water partition coefficient (Wildman–Crippen LogP) is 7.15. The predicted molar refractivity (Wildman–Crippen MR) is 147 cm³/mol. The lowest BCUT2D eigenvalue weighted by atomic mass is 9.33. The standard InChI is InChI=1S/C33H52O5/c1-20-28(36)25(38-22(3)35)17-27-30(20,6)12-10-26-31(7)14-16-33(19-37-21(2)34)15-13-29(4,5)18-24(33)23(31)9-11-32(26,27)8/h20,23-27H,9-19H2,1-8H3/t20-,23+,24+,25+,26-,27-,30+,31-,32+,33+/m0/s1. The van der Waals surface area contributed by atoms with Gasteiger partial charge in [0.2, 0.25) is 0 Å². The first-order valence-corrected chi connectivity index (χ1v) is 15.4. The van der Waals surface area contributed by atoms with Crippen LogP contribution in [0.1, 0.15) is 120 Å². The zero-order chi connectivity index (χ0) is 27.9. The molecule has 5 aliphatic rings. The Kier molecular flexibility index (Phi) is 6.71. The van der Waals surface area contributed by atoms with E-state index in [1.54, 1.807) is 6.92 Å². The molecular weight excluding hydrogens is 476 g/mol. The first kappa shape index (κ1) is 28.1. The zero-order valence-electron chi connectivity index (χ0n) is 25.3. The number of Topliss-reactive ketones (excluding diaryl/α,β-unsaturated/α-hetero) is 1. The maximum Gasteiger partial charge on any atom is 0.303 e. The molecule has 5 heteroatoms. The number of carbonyl (C=O) groups excluding carboxylic acids is 3. The van der Waals surface area contributed by atoms with Crippen molar-refractivity contribution in [2.45, 2.75) is 126 Å². The van der Waals surface area contributed by atoms with Gasteiger partial charge >= 0.3 is 11.9 Å². The van der Waals surface area contributed by atoms with Crippen molar-refractivity contribution in [3.8, 4) is 0 Å². The van der Waals surface area contributed by atoms with Crippen LogP contribution < -0.4 is 0 Å². The fourth-order valence-electron chi connectivity index (χ4n) is 11.3. The molecular formula is C33H52O5. The summed E-state index contributed by atoms with van der Waals surface area (Å²) in [6.07, 6.45) is 10.7.